The second kappa shape index (κ2) is 19.4. The maximum Gasteiger partial charge on any atom is 0.308 e. The van der Waals surface area contributed by atoms with Crippen molar-refractivity contribution in [3.63, 3.8) is 0 Å². The molecule has 2 unspecified atom stereocenters. The first-order valence-electron chi connectivity index (χ1n) is 13.9. The van der Waals surface area contributed by atoms with Crippen molar-refractivity contribution in [2.45, 2.75) is 136 Å². The van der Waals surface area contributed by atoms with Crippen LogP contribution in [0.15, 0.2) is 0 Å². The maximum absolute atomic E-state index is 12.4. The number of ether oxygens (including phenoxy) is 2. The van der Waals surface area contributed by atoms with Crippen LogP contribution in [-0.4, -0.2) is 25.2 Å². The molecule has 0 aromatic rings. The Hall–Kier alpha value is -1.06. The van der Waals surface area contributed by atoms with E-state index in [9.17, 15) is 9.59 Å². The predicted molar refractivity (Wildman–Crippen MR) is 133 cm³/mol. The minimum atomic E-state index is -0.130. The summed E-state index contributed by atoms with van der Waals surface area (Å²) < 4.78 is 11.0. The number of carbonyl (C=O) groups excluding carboxylic acids is 2. The van der Waals surface area contributed by atoms with E-state index in [0.717, 1.165) is 50.9 Å². The molecule has 0 radical (unpaired) electrons. The lowest BCUT2D eigenvalue weighted by Gasteiger charge is -2.26. The van der Waals surface area contributed by atoms with Gasteiger partial charge >= 0.3 is 11.9 Å². The number of rotatable bonds is 19. The fraction of sp³-hybridized carbons (Fsp3) is 0.929. The van der Waals surface area contributed by atoms with E-state index in [0.29, 0.717) is 19.6 Å². The zero-order valence-corrected chi connectivity index (χ0v) is 21.5. The lowest BCUT2D eigenvalue weighted by atomic mass is 9.81. The maximum atomic E-state index is 12.4. The van der Waals surface area contributed by atoms with Crippen LogP contribution in [0.2, 0.25) is 0 Å². The minimum absolute atomic E-state index is 0.104. The summed E-state index contributed by atoms with van der Waals surface area (Å²) in [4.78, 5) is 24.8. The van der Waals surface area contributed by atoms with Gasteiger partial charge in [-0.05, 0) is 38.0 Å². The van der Waals surface area contributed by atoms with E-state index in [1.165, 1.54) is 64.2 Å². The monoisotopic (exact) mass is 452 g/mol. The molecule has 0 aromatic carbocycles. The van der Waals surface area contributed by atoms with Crippen LogP contribution in [0.1, 0.15) is 136 Å². The molecule has 1 saturated carbocycles. The van der Waals surface area contributed by atoms with E-state index < -0.39 is 0 Å². The highest BCUT2D eigenvalue weighted by Crippen LogP contribution is 2.31. The highest BCUT2D eigenvalue weighted by atomic mass is 16.5. The summed E-state index contributed by atoms with van der Waals surface area (Å²) in [5.74, 6) is 0.297. The van der Waals surface area contributed by atoms with Gasteiger partial charge in [-0.2, -0.15) is 0 Å². The lowest BCUT2D eigenvalue weighted by Crippen LogP contribution is -2.30. The Morgan fingerprint density at radius 1 is 0.688 bits per heavy atom. The molecule has 0 aromatic heterocycles. The Balaban J connectivity index is 2.06. The second-order valence-electron chi connectivity index (χ2n) is 10.3. The van der Waals surface area contributed by atoms with Crippen LogP contribution >= 0.6 is 0 Å². The molecule has 0 amide bonds. The van der Waals surface area contributed by atoms with Crippen molar-refractivity contribution in [2.24, 2.45) is 17.8 Å². The normalized spacial score (nSPS) is 18.6. The number of hydrogen-bond acceptors (Lipinski definition) is 4. The third-order valence-electron chi connectivity index (χ3n) is 6.75. The molecule has 4 heteroatoms. The van der Waals surface area contributed by atoms with Gasteiger partial charge in [-0.25, -0.2) is 0 Å². The molecule has 0 saturated heterocycles. The molecule has 0 N–H and O–H groups in total. The lowest BCUT2D eigenvalue weighted by molar-refractivity contribution is -0.155. The van der Waals surface area contributed by atoms with Gasteiger partial charge in [0.05, 0.1) is 25.0 Å². The molecule has 1 rings (SSSR count). The summed E-state index contributed by atoms with van der Waals surface area (Å²) in [6.07, 6.45) is 20.3. The van der Waals surface area contributed by atoms with Crippen LogP contribution in [0.5, 0.6) is 0 Å². The topological polar surface area (TPSA) is 52.6 Å². The fourth-order valence-corrected chi connectivity index (χ4v) is 4.62. The van der Waals surface area contributed by atoms with Gasteiger partial charge in [0.15, 0.2) is 0 Å². The molecular formula is C28H52O4. The summed E-state index contributed by atoms with van der Waals surface area (Å²) in [6, 6.07) is 0. The van der Waals surface area contributed by atoms with Crippen LogP contribution in [0.4, 0.5) is 0 Å². The fourth-order valence-electron chi connectivity index (χ4n) is 4.62. The zero-order valence-electron chi connectivity index (χ0n) is 21.5. The van der Waals surface area contributed by atoms with Gasteiger partial charge in [-0.15, -0.1) is 0 Å². The van der Waals surface area contributed by atoms with Crippen molar-refractivity contribution in [2.75, 3.05) is 13.2 Å². The highest BCUT2D eigenvalue weighted by Gasteiger charge is 2.32. The number of esters is 2. The number of carbonyl (C=O) groups is 2. The SMILES string of the molecule is CCCCCCCCCCCOC(=O)C1CCCC(C(=O)OCCCCCCC(C)C)C1. The Bertz CT molecular complexity index is 474. The molecule has 1 fully saturated rings. The first-order chi connectivity index (χ1) is 15.5. The Labute approximate surface area is 198 Å². The average Bonchev–Trinajstić information content (AvgIpc) is 2.79. The Morgan fingerprint density at radius 2 is 1.12 bits per heavy atom. The molecule has 4 nitrogen and oxygen atoms in total. The van der Waals surface area contributed by atoms with Gasteiger partial charge in [0, 0.05) is 0 Å². The van der Waals surface area contributed by atoms with Crippen LogP contribution in [0.3, 0.4) is 0 Å². The first-order valence-corrected chi connectivity index (χ1v) is 13.9. The van der Waals surface area contributed by atoms with Crippen molar-refractivity contribution in [1.29, 1.82) is 0 Å². The standard InChI is InChI=1S/C28H52O4/c1-4-5-6-7-8-9-10-12-15-21-31-27(29)25-19-17-20-26(23-25)28(30)32-22-16-13-11-14-18-24(2)3/h24-26H,4-23H2,1-3H3. The summed E-state index contributed by atoms with van der Waals surface area (Å²) in [5, 5.41) is 0. The quantitative estimate of drug-likeness (QED) is 0.147. The van der Waals surface area contributed by atoms with Crippen LogP contribution in [0.25, 0.3) is 0 Å². The molecule has 0 bridgehead atoms. The van der Waals surface area contributed by atoms with E-state index in [2.05, 4.69) is 20.8 Å². The Morgan fingerprint density at radius 3 is 1.59 bits per heavy atom. The van der Waals surface area contributed by atoms with E-state index in [1.807, 2.05) is 0 Å². The van der Waals surface area contributed by atoms with Gasteiger partial charge in [-0.1, -0.05) is 104 Å². The van der Waals surface area contributed by atoms with Crippen molar-refractivity contribution in [3.05, 3.63) is 0 Å². The number of hydrogen-bond donors (Lipinski definition) is 0. The Kier molecular flexibility index (Phi) is 17.6. The van der Waals surface area contributed by atoms with Crippen LogP contribution in [-0.2, 0) is 19.1 Å². The molecule has 188 valence electrons. The predicted octanol–water partition coefficient (Wildman–Crippen LogP) is 8.02. The molecule has 0 heterocycles. The first kappa shape index (κ1) is 29.0. The van der Waals surface area contributed by atoms with Gasteiger partial charge in [0.25, 0.3) is 0 Å². The van der Waals surface area contributed by atoms with E-state index in [1.54, 1.807) is 0 Å². The van der Waals surface area contributed by atoms with Crippen LogP contribution < -0.4 is 0 Å². The van der Waals surface area contributed by atoms with Crippen molar-refractivity contribution >= 4 is 11.9 Å². The van der Waals surface area contributed by atoms with Gasteiger partial charge in [-0.3, -0.25) is 9.59 Å². The highest BCUT2D eigenvalue weighted by molar-refractivity contribution is 5.76. The minimum Gasteiger partial charge on any atom is -0.465 e. The molecule has 1 aliphatic carbocycles. The van der Waals surface area contributed by atoms with E-state index >= 15 is 0 Å². The summed E-state index contributed by atoms with van der Waals surface area (Å²) >= 11 is 0. The molecule has 32 heavy (non-hydrogen) atoms. The summed E-state index contributed by atoms with van der Waals surface area (Å²) in [5.41, 5.74) is 0. The van der Waals surface area contributed by atoms with Crippen molar-refractivity contribution in [1.82, 2.24) is 0 Å². The van der Waals surface area contributed by atoms with Crippen molar-refractivity contribution < 1.29 is 19.1 Å². The largest absolute Gasteiger partial charge is 0.465 e. The van der Waals surface area contributed by atoms with Gasteiger partial charge in [0.1, 0.15) is 0 Å². The van der Waals surface area contributed by atoms with Crippen molar-refractivity contribution in [3.8, 4) is 0 Å². The zero-order chi connectivity index (χ0) is 23.4. The van der Waals surface area contributed by atoms with Gasteiger partial charge < -0.3 is 9.47 Å². The molecule has 0 aliphatic heterocycles. The summed E-state index contributed by atoms with van der Waals surface area (Å²) in [6.45, 7) is 7.80. The molecular weight excluding hydrogens is 400 g/mol. The van der Waals surface area contributed by atoms with E-state index in [-0.39, 0.29) is 23.8 Å². The van der Waals surface area contributed by atoms with Gasteiger partial charge in [0.2, 0.25) is 0 Å². The van der Waals surface area contributed by atoms with E-state index in [4.69, 9.17) is 9.47 Å². The third-order valence-corrected chi connectivity index (χ3v) is 6.75. The number of unbranched alkanes of at least 4 members (excludes halogenated alkanes) is 11. The average molecular weight is 453 g/mol. The molecule has 1 aliphatic rings. The molecule has 0 spiro atoms. The smallest absolute Gasteiger partial charge is 0.308 e. The third kappa shape index (κ3) is 14.9. The second-order valence-corrected chi connectivity index (χ2v) is 10.3. The van der Waals surface area contributed by atoms with Crippen LogP contribution in [0, 0.1) is 17.8 Å². The summed E-state index contributed by atoms with van der Waals surface area (Å²) in [7, 11) is 0. The molecule has 2 atom stereocenters.